The van der Waals surface area contributed by atoms with Crippen molar-refractivity contribution in [1.29, 1.82) is 0 Å². The van der Waals surface area contributed by atoms with Gasteiger partial charge >= 0.3 is 5.97 Å². The molecule has 0 N–H and O–H groups in total. The molecule has 2 heterocycles. The third kappa shape index (κ3) is 2.81. The number of hydrogen-bond donors (Lipinski definition) is 0. The van der Waals surface area contributed by atoms with Crippen LogP contribution in [0.15, 0.2) is 5.38 Å². The van der Waals surface area contributed by atoms with Gasteiger partial charge in [0, 0.05) is 11.9 Å². The number of aromatic nitrogens is 1. The van der Waals surface area contributed by atoms with Gasteiger partial charge in [0.1, 0.15) is 0 Å². The highest BCUT2D eigenvalue weighted by Crippen LogP contribution is 2.25. The molecular formula is C12H18N2O3S. The maximum Gasteiger partial charge on any atom is 0.357 e. The quantitative estimate of drug-likeness (QED) is 0.783. The van der Waals surface area contributed by atoms with Crippen molar-refractivity contribution in [3.63, 3.8) is 0 Å². The maximum atomic E-state index is 11.6. The molecule has 18 heavy (non-hydrogen) atoms. The van der Waals surface area contributed by atoms with Crippen molar-refractivity contribution in [1.82, 2.24) is 4.98 Å². The minimum absolute atomic E-state index is 0.346. The van der Waals surface area contributed by atoms with Crippen LogP contribution in [0.25, 0.3) is 0 Å². The average molecular weight is 270 g/mol. The van der Waals surface area contributed by atoms with Crippen LogP contribution in [0, 0.1) is 0 Å². The van der Waals surface area contributed by atoms with Crippen molar-refractivity contribution >= 4 is 22.4 Å². The summed E-state index contributed by atoms with van der Waals surface area (Å²) in [6.45, 7) is 6.57. The molecule has 5 nitrogen and oxygen atoms in total. The highest BCUT2D eigenvalue weighted by molar-refractivity contribution is 7.13. The molecular weight excluding hydrogens is 252 g/mol. The molecule has 0 spiro atoms. The minimum Gasteiger partial charge on any atom is -0.461 e. The van der Waals surface area contributed by atoms with Gasteiger partial charge in [-0.15, -0.1) is 11.3 Å². The molecule has 1 atom stereocenters. The summed E-state index contributed by atoms with van der Waals surface area (Å²) in [4.78, 5) is 18.2. The van der Waals surface area contributed by atoms with E-state index in [1.165, 1.54) is 11.3 Å². The lowest BCUT2D eigenvalue weighted by Crippen LogP contribution is -2.45. The van der Waals surface area contributed by atoms with Gasteiger partial charge < -0.3 is 14.4 Å². The number of hydrogen-bond acceptors (Lipinski definition) is 6. The van der Waals surface area contributed by atoms with Crippen molar-refractivity contribution in [3.05, 3.63) is 11.1 Å². The average Bonchev–Trinajstić information content (AvgIpc) is 2.88. The first-order valence-corrected chi connectivity index (χ1v) is 7.11. The van der Waals surface area contributed by atoms with Crippen LogP contribution < -0.4 is 4.90 Å². The number of carbonyl (C=O) groups excluding carboxylic acids is 1. The Morgan fingerprint density at radius 1 is 1.67 bits per heavy atom. The molecule has 1 saturated heterocycles. The van der Waals surface area contributed by atoms with Crippen molar-refractivity contribution in [2.75, 3.05) is 31.3 Å². The molecule has 100 valence electrons. The molecule has 1 unspecified atom stereocenters. The Labute approximate surface area is 111 Å². The fourth-order valence-corrected chi connectivity index (χ4v) is 2.83. The van der Waals surface area contributed by atoms with E-state index >= 15 is 0 Å². The van der Waals surface area contributed by atoms with Crippen LogP contribution in [-0.4, -0.2) is 43.4 Å². The standard InChI is InChI=1S/C12H18N2O3S/c1-3-9-7-16-6-5-14(9)12-13-10(8-18-12)11(15)17-4-2/h8-9H,3-7H2,1-2H3. The fraction of sp³-hybridized carbons (Fsp3) is 0.667. The molecule has 1 aromatic rings. The van der Waals surface area contributed by atoms with E-state index in [1.807, 2.05) is 0 Å². The molecule has 1 aromatic heterocycles. The Morgan fingerprint density at radius 2 is 2.50 bits per heavy atom. The number of carbonyl (C=O) groups is 1. The van der Waals surface area contributed by atoms with Crippen molar-refractivity contribution in [2.24, 2.45) is 0 Å². The maximum absolute atomic E-state index is 11.6. The van der Waals surface area contributed by atoms with Gasteiger partial charge in [0.05, 0.1) is 25.9 Å². The van der Waals surface area contributed by atoms with Gasteiger partial charge in [-0.05, 0) is 13.3 Å². The van der Waals surface area contributed by atoms with Gasteiger partial charge in [0.25, 0.3) is 0 Å². The Hall–Kier alpha value is -1.14. The minimum atomic E-state index is -0.346. The van der Waals surface area contributed by atoms with E-state index in [4.69, 9.17) is 9.47 Å². The number of esters is 1. The first-order valence-electron chi connectivity index (χ1n) is 6.23. The first kappa shape index (κ1) is 13.3. The van der Waals surface area contributed by atoms with Crippen molar-refractivity contribution in [2.45, 2.75) is 26.3 Å². The second-order valence-electron chi connectivity index (χ2n) is 4.07. The monoisotopic (exact) mass is 270 g/mol. The third-order valence-corrected chi connectivity index (χ3v) is 3.80. The number of anilines is 1. The highest BCUT2D eigenvalue weighted by atomic mass is 32.1. The molecule has 0 aliphatic carbocycles. The summed E-state index contributed by atoms with van der Waals surface area (Å²) in [6, 6.07) is 0.347. The first-order chi connectivity index (χ1) is 8.76. The number of morpholine rings is 1. The molecule has 1 aliphatic heterocycles. The zero-order valence-corrected chi connectivity index (χ0v) is 11.5. The molecule has 2 rings (SSSR count). The lowest BCUT2D eigenvalue weighted by Gasteiger charge is -2.34. The predicted molar refractivity (Wildman–Crippen MR) is 70.3 cm³/mol. The SMILES string of the molecule is CCOC(=O)c1csc(N2CCOCC2CC)n1. The number of nitrogens with zero attached hydrogens (tertiary/aromatic N) is 2. The van der Waals surface area contributed by atoms with E-state index in [0.717, 1.165) is 24.7 Å². The molecule has 1 aliphatic rings. The van der Waals surface area contributed by atoms with E-state index in [2.05, 4.69) is 16.8 Å². The van der Waals surface area contributed by atoms with Crippen molar-refractivity contribution in [3.8, 4) is 0 Å². The van der Waals surface area contributed by atoms with Gasteiger partial charge in [-0.2, -0.15) is 0 Å². The Bertz CT molecular complexity index is 408. The Balaban J connectivity index is 2.10. The lowest BCUT2D eigenvalue weighted by molar-refractivity contribution is 0.0520. The third-order valence-electron chi connectivity index (χ3n) is 2.92. The van der Waals surface area contributed by atoms with Crippen molar-refractivity contribution < 1.29 is 14.3 Å². The second-order valence-corrected chi connectivity index (χ2v) is 4.90. The Kier molecular flexibility index (Phi) is 4.54. The molecule has 0 aromatic carbocycles. The molecule has 6 heteroatoms. The molecule has 0 radical (unpaired) electrons. The van der Waals surface area contributed by atoms with Crippen LogP contribution in [0.4, 0.5) is 5.13 Å². The van der Waals surface area contributed by atoms with Crippen LogP contribution in [0.5, 0.6) is 0 Å². The van der Waals surface area contributed by atoms with Crippen LogP contribution in [0.1, 0.15) is 30.8 Å². The number of ether oxygens (including phenoxy) is 2. The molecule has 0 bridgehead atoms. The van der Waals surface area contributed by atoms with Crippen LogP contribution in [0.2, 0.25) is 0 Å². The molecule has 0 saturated carbocycles. The summed E-state index contributed by atoms with van der Waals surface area (Å²) in [5.41, 5.74) is 0.401. The van der Waals surface area contributed by atoms with E-state index < -0.39 is 0 Å². The van der Waals surface area contributed by atoms with Gasteiger partial charge in [-0.25, -0.2) is 9.78 Å². The van der Waals surface area contributed by atoms with Gasteiger partial charge in [-0.1, -0.05) is 6.92 Å². The van der Waals surface area contributed by atoms with Gasteiger partial charge in [-0.3, -0.25) is 0 Å². The van der Waals surface area contributed by atoms with E-state index in [9.17, 15) is 4.79 Å². The molecule has 0 amide bonds. The second kappa shape index (κ2) is 6.15. The smallest absolute Gasteiger partial charge is 0.357 e. The summed E-state index contributed by atoms with van der Waals surface area (Å²) in [7, 11) is 0. The molecule has 1 fully saturated rings. The van der Waals surface area contributed by atoms with Crippen LogP contribution >= 0.6 is 11.3 Å². The largest absolute Gasteiger partial charge is 0.461 e. The summed E-state index contributed by atoms with van der Waals surface area (Å²) >= 11 is 1.49. The van der Waals surface area contributed by atoms with Gasteiger partial charge in [0.15, 0.2) is 10.8 Å². The summed E-state index contributed by atoms with van der Waals surface area (Å²) in [5.74, 6) is -0.346. The zero-order chi connectivity index (χ0) is 13.0. The zero-order valence-electron chi connectivity index (χ0n) is 10.7. The van der Waals surface area contributed by atoms with E-state index in [0.29, 0.717) is 24.9 Å². The Morgan fingerprint density at radius 3 is 3.22 bits per heavy atom. The normalized spacial score (nSPS) is 19.9. The van der Waals surface area contributed by atoms with E-state index in [-0.39, 0.29) is 5.97 Å². The summed E-state index contributed by atoms with van der Waals surface area (Å²) in [6.07, 6.45) is 1.01. The number of thiazole rings is 1. The predicted octanol–water partition coefficient (Wildman–Crippen LogP) is 1.94. The lowest BCUT2D eigenvalue weighted by atomic mass is 10.2. The van der Waals surface area contributed by atoms with Gasteiger partial charge in [0.2, 0.25) is 0 Å². The van der Waals surface area contributed by atoms with Crippen LogP contribution in [0.3, 0.4) is 0 Å². The number of rotatable bonds is 4. The van der Waals surface area contributed by atoms with Crippen LogP contribution in [-0.2, 0) is 9.47 Å². The fourth-order valence-electron chi connectivity index (χ4n) is 1.94. The topological polar surface area (TPSA) is 51.7 Å². The van der Waals surface area contributed by atoms with E-state index in [1.54, 1.807) is 12.3 Å². The summed E-state index contributed by atoms with van der Waals surface area (Å²) < 4.78 is 10.4. The highest BCUT2D eigenvalue weighted by Gasteiger charge is 2.25. The summed E-state index contributed by atoms with van der Waals surface area (Å²) in [5, 5.41) is 2.64.